The fourth-order valence-corrected chi connectivity index (χ4v) is 4.58. The van der Waals surface area contributed by atoms with Crippen LogP contribution in [0.25, 0.3) is 10.9 Å². The highest BCUT2D eigenvalue weighted by atomic mass is 35.5. The largest absolute Gasteiger partial charge is 0.486 e. The number of ether oxygens (including phenoxy) is 1. The Labute approximate surface area is 175 Å². The number of carbonyl (C=O) groups excluding carboxylic acids is 1. The highest BCUT2D eigenvalue weighted by molar-refractivity contribution is 6.36. The minimum atomic E-state index is 0.0701. The van der Waals surface area contributed by atoms with Crippen LogP contribution in [0.2, 0.25) is 5.02 Å². The number of amides is 1. The molecule has 3 aromatic rings. The van der Waals surface area contributed by atoms with Gasteiger partial charge in [-0.2, -0.15) is 0 Å². The molecule has 29 heavy (non-hydrogen) atoms. The van der Waals surface area contributed by atoms with Gasteiger partial charge in [-0.1, -0.05) is 36.7 Å². The van der Waals surface area contributed by atoms with Crippen molar-refractivity contribution < 1.29 is 9.53 Å². The molecule has 5 nitrogen and oxygen atoms in total. The van der Waals surface area contributed by atoms with Gasteiger partial charge in [-0.3, -0.25) is 4.79 Å². The zero-order chi connectivity index (χ0) is 20.0. The van der Waals surface area contributed by atoms with Gasteiger partial charge >= 0.3 is 0 Å². The SMILES string of the molecule is CC[C@@H]1Cn2c(C(=O)N3CCN(c4ccccc4)CC3)cc3c(Cl)ccc(c32)O1. The Morgan fingerprint density at radius 2 is 1.86 bits per heavy atom. The first-order valence-electron chi connectivity index (χ1n) is 10.2. The van der Waals surface area contributed by atoms with E-state index in [4.69, 9.17) is 16.3 Å². The lowest BCUT2D eigenvalue weighted by Crippen LogP contribution is -2.49. The molecular formula is C23H24ClN3O2. The number of anilines is 1. The van der Waals surface area contributed by atoms with Gasteiger partial charge in [0.25, 0.3) is 5.91 Å². The van der Waals surface area contributed by atoms with Gasteiger partial charge in [0.2, 0.25) is 0 Å². The van der Waals surface area contributed by atoms with Crippen LogP contribution in [0.5, 0.6) is 5.75 Å². The maximum atomic E-state index is 13.4. The minimum absolute atomic E-state index is 0.0701. The van der Waals surface area contributed by atoms with Gasteiger partial charge in [-0.15, -0.1) is 0 Å². The lowest BCUT2D eigenvalue weighted by atomic mass is 10.2. The summed E-state index contributed by atoms with van der Waals surface area (Å²) in [7, 11) is 0. The third kappa shape index (κ3) is 3.14. The van der Waals surface area contributed by atoms with E-state index in [2.05, 4.69) is 40.7 Å². The minimum Gasteiger partial charge on any atom is -0.486 e. The van der Waals surface area contributed by atoms with E-state index in [0.717, 1.165) is 36.2 Å². The highest BCUT2D eigenvalue weighted by Crippen LogP contribution is 2.38. The monoisotopic (exact) mass is 409 g/mol. The molecule has 1 atom stereocenters. The van der Waals surface area contributed by atoms with E-state index in [1.807, 2.05) is 29.2 Å². The third-order valence-corrected chi connectivity index (χ3v) is 6.34. The molecule has 1 fully saturated rings. The van der Waals surface area contributed by atoms with E-state index in [1.54, 1.807) is 0 Å². The molecule has 2 aliphatic heterocycles. The number of aromatic nitrogens is 1. The molecule has 2 aliphatic rings. The van der Waals surface area contributed by atoms with E-state index in [0.29, 0.717) is 30.4 Å². The van der Waals surface area contributed by atoms with Crippen molar-refractivity contribution in [2.75, 3.05) is 31.1 Å². The standard InChI is InChI=1S/C23H24ClN3O2/c1-2-17-15-27-20(14-18-19(24)8-9-21(29-17)22(18)27)23(28)26-12-10-25(11-13-26)16-6-4-3-5-7-16/h3-9,14,17H,2,10-13,15H2,1H3/t17-/m1/s1. The Hall–Kier alpha value is -2.66. The average Bonchev–Trinajstić information content (AvgIpc) is 3.17. The van der Waals surface area contributed by atoms with Crippen molar-refractivity contribution in [3.05, 3.63) is 59.2 Å². The zero-order valence-electron chi connectivity index (χ0n) is 16.5. The van der Waals surface area contributed by atoms with Crippen LogP contribution < -0.4 is 9.64 Å². The Balaban J connectivity index is 1.43. The number of hydrogen-bond acceptors (Lipinski definition) is 3. The molecule has 5 rings (SSSR count). The van der Waals surface area contributed by atoms with Crippen molar-refractivity contribution in [1.29, 1.82) is 0 Å². The van der Waals surface area contributed by atoms with Crippen LogP contribution in [0.4, 0.5) is 5.69 Å². The van der Waals surface area contributed by atoms with Crippen LogP contribution in [0, 0.1) is 0 Å². The molecule has 1 aromatic heterocycles. The van der Waals surface area contributed by atoms with Gasteiger partial charge in [0.1, 0.15) is 17.5 Å². The Morgan fingerprint density at radius 3 is 2.59 bits per heavy atom. The van der Waals surface area contributed by atoms with Gasteiger partial charge in [-0.05, 0) is 36.8 Å². The Kier molecular flexibility index (Phi) is 4.63. The Bertz CT molecular complexity index is 1050. The van der Waals surface area contributed by atoms with Gasteiger partial charge in [0, 0.05) is 37.3 Å². The second-order valence-electron chi connectivity index (χ2n) is 7.71. The number of carbonyl (C=O) groups is 1. The first-order chi connectivity index (χ1) is 14.2. The summed E-state index contributed by atoms with van der Waals surface area (Å²) in [6, 6.07) is 16.1. The molecule has 1 saturated heterocycles. The zero-order valence-corrected chi connectivity index (χ0v) is 17.2. The van der Waals surface area contributed by atoms with Crippen LogP contribution >= 0.6 is 11.6 Å². The normalized spacial score (nSPS) is 18.8. The summed E-state index contributed by atoms with van der Waals surface area (Å²) in [6.07, 6.45) is 0.964. The molecule has 0 bridgehead atoms. The predicted octanol–water partition coefficient (Wildman–Crippen LogP) is 4.43. The second kappa shape index (κ2) is 7.30. The van der Waals surface area contributed by atoms with Crippen molar-refractivity contribution >= 4 is 34.1 Å². The molecule has 3 heterocycles. The van der Waals surface area contributed by atoms with Crippen LogP contribution in [0.3, 0.4) is 0 Å². The predicted molar refractivity (Wildman–Crippen MR) is 116 cm³/mol. The van der Waals surface area contributed by atoms with Gasteiger partial charge in [0.15, 0.2) is 0 Å². The fraction of sp³-hybridized carbons (Fsp3) is 0.348. The first kappa shape index (κ1) is 18.4. The van der Waals surface area contributed by atoms with E-state index < -0.39 is 0 Å². The van der Waals surface area contributed by atoms with Gasteiger partial charge in [0.05, 0.1) is 17.1 Å². The van der Waals surface area contributed by atoms with Gasteiger partial charge in [-0.25, -0.2) is 0 Å². The van der Waals surface area contributed by atoms with Crippen molar-refractivity contribution in [1.82, 2.24) is 9.47 Å². The molecule has 0 spiro atoms. The molecule has 2 aromatic carbocycles. The summed E-state index contributed by atoms with van der Waals surface area (Å²) in [5, 5.41) is 1.55. The molecule has 0 saturated carbocycles. The molecule has 1 amide bonds. The quantitative estimate of drug-likeness (QED) is 0.642. The summed E-state index contributed by atoms with van der Waals surface area (Å²) in [6.45, 7) is 5.88. The molecule has 0 unspecified atom stereocenters. The first-order valence-corrected chi connectivity index (χ1v) is 10.6. The number of benzene rings is 2. The topological polar surface area (TPSA) is 37.7 Å². The molecular weight excluding hydrogens is 386 g/mol. The molecule has 0 radical (unpaired) electrons. The van der Waals surface area contributed by atoms with Crippen molar-refractivity contribution in [3.63, 3.8) is 0 Å². The second-order valence-corrected chi connectivity index (χ2v) is 8.12. The summed E-state index contributed by atoms with van der Waals surface area (Å²) >= 11 is 6.44. The van der Waals surface area contributed by atoms with E-state index >= 15 is 0 Å². The maximum absolute atomic E-state index is 13.4. The fourth-order valence-electron chi connectivity index (χ4n) is 4.38. The lowest BCUT2D eigenvalue weighted by molar-refractivity contribution is 0.0730. The number of para-hydroxylation sites is 1. The van der Waals surface area contributed by atoms with E-state index in [1.165, 1.54) is 5.69 Å². The maximum Gasteiger partial charge on any atom is 0.270 e. The summed E-state index contributed by atoms with van der Waals surface area (Å²) < 4.78 is 8.21. The summed E-state index contributed by atoms with van der Waals surface area (Å²) in [5.41, 5.74) is 2.86. The number of nitrogens with zero attached hydrogens (tertiary/aromatic N) is 3. The smallest absolute Gasteiger partial charge is 0.270 e. The number of halogens is 1. The lowest BCUT2D eigenvalue weighted by Gasteiger charge is -2.36. The molecule has 0 aliphatic carbocycles. The van der Waals surface area contributed by atoms with Crippen molar-refractivity contribution in [3.8, 4) is 5.75 Å². The molecule has 150 valence electrons. The third-order valence-electron chi connectivity index (χ3n) is 6.01. The van der Waals surface area contributed by atoms with Crippen molar-refractivity contribution in [2.24, 2.45) is 0 Å². The Morgan fingerprint density at radius 1 is 1.10 bits per heavy atom. The van der Waals surface area contributed by atoms with Crippen LogP contribution in [0.15, 0.2) is 48.5 Å². The van der Waals surface area contributed by atoms with Crippen LogP contribution in [0.1, 0.15) is 23.8 Å². The van der Waals surface area contributed by atoms with E-state index in [-0.39, 0.29) is 12.0 Å². The number of hydrogen-bond donors (Lipinski definition) is 0. The van der Waals surface area contributed by atoms with Crippen LogP contribution in [-0.4, -0.2) is 47.7 Å². The average molecular weight is 410 g/mol. The number of piperazine rings is 1. The van der Waals surface area contributed by atoms with Crippen molar-refractivity contribution in [2.45, 2.75) is 26.0 Å². The summed E-state index contributed by atoms with van der Waals surface area (Å²) in [4.78, 5) is 17.7. The number of rotatable bonds is 3. The molecule has 6 heteroatoms. The summed E-state index contributed by atoms with van der Waals surface area (Å²) in [5.74, 6) is 0.892. The molecule has 0 N–H and O–H groups in total. The van der Waals surface area contributed by atoms with E-state index in [9.17, 15) is 4.79 Å². The highest BCUT2D eigenvalue weighted by Gasteiger charge is 2.30. The van der Waals surface area contributed by atoms with Crippen LogP contribution in [-0.2, 0) is 6.54 Å². The van der Waals surface area contributed by atoms with Gasteiger partial charge < -0.3 is 19.1 Å².